The van der Waals surface area contributed by atoms with E-state index in [0.717, 1.165) is 30.8 Å². The molecular formula is C15H16FN3O2. The zero-order valence-corrected chi connectivity index (χ0v) is 11.7. The quantitative estimate of drug-likeness (QED) is 0.936. The number of aryl methyl sites for hydroxylation is 1. The topological polar surface area (TPSA) is 56.2 Å². The van der Waals surface area contributed by atoms with Crippen LogP contribution < -0.4 is 15.6 Å². The van der Waals surface area contributed by atoms with E-state index >= 15 is 0 Å². The molecule has 3 rings (SSSR count). The van der Waals surface area contributed by atoms with Crippen LogP contribution in [0.5, 0.6) is 5.75 Å². The van der Waals surface area contributed by atoms with E-state index in [1.807, 2.05) is 0 Å². The van der Waals surface area contributed by atoms with Crippen molar-refractivity contribution in [1.29, 1.82) is 0 Å². The van der Waals surface area contributed by atoms with E-state index < -0.39 is 5.82 Å². The molecule has 0 atom stereocenters. The second-order valence-electron chi connectivity index (χ2n) is 5.00. The van der Waals surface area contributed by atoms with E-state index in [0.29, 0.717) is 5.56 Å². The van der Waals surface area contributed by atoms with E-state index in [1.54, 1.807) is 18.2 Å². The lowest BCUT2D eigenvalue weighted by Crippen LogP contribution is -2.27. The van der Waals surface area contributed by atoms with Gasteiger partial charge in [-0.2, -0.15) is 5.10 Å². The molecule has 0 radical (unpaired) electrons. The zero-order chi connectivity index (χ0) is 14.8. The lowest BCUT2D eigenvalue weighted by atomic mass is 10.1. The zero-order valence-electron chi connectivity index (χ0n) is 11.7. The number of benzene rings is 1. The summed E-state index contributed by atoms with van der Waals surface area (Å²) in [6.45, 7) is 1.11. The Kier molecular flexibility index (Phi) is 3.60. The molecule has 0 aliphatic carbocycles. The number of fused-ring (bicyclic) bond motifs is 1. The molecule has 0 spiro atoms. The molecule has 1 aliphatic rings. The minimum atomic E-state index is -0.442. The lowest BCUT2D eigenvalue weighted by Gasteiger charge is -2.17. The summed E-state index contributed by atoms with van der Waals surface area (Å²) in [5, 5.41) is 7.53. The first-order valence-corrected chi connectivity index (χ1v) is 6.84. The largest absolute Gasteiger partial charge is 0.494 e. The first-order chi connectivity index (χ1) is 10.2. The minimum Gasteiger partial charge on any atom is -0.494 e. The first-order valence-electron chi connectivity index (χ1n) is 6.84. The van der Waals surface area contributed by atoms with E-state index in [1.165, 1.54) is 17.9 Å². The van der Waals surface area contributed by atoms with Crippen molar-refractivity contribution in [1.82, 2.24) is 9.78 Å². The van der Waals surface area contributed by atoms with Gasteiger partial charge in [0.05, 0.1) is 25.0 Å². The van der Waals surface area contributed by atoms with Crippen LogP contribution in [0.25, 0.3) is 0 Å². The summed E-state index contributed by atoms with van der Waals surface area (Å²) >= 11 is 0. The molecule has 0 saturated carbocycles. The van der Waals surface area contributed by atoms with Crippen LogP contribution in [0.2, 0.25) is 0 Å². The molecule has 6 heteroatoms. The monoisotopic (exact) mass is 289 g/mol. The standard InChI is InChI=1S/C15H16FN3O2/c1-21-14-5-4-10(7-11(14)16)9-19-15(20)8-13-12(18-19)3-2-6-17-13/h4-5,7-8,17H,2-3,6,9H2,1H3. The predicted octanol–water partition coefficient (Wildman–Crippen LogP) is 1.80. The van der Waals surface area contributed by atoms with Crippen molar-refractivity contribution in [2.75, 3.05) is 19.0 Å². The molecule has 110 valence electrons. The van der Waals surface area contributed by atoms with E-state index in [9.17, 15) is 9.18 Å². The molecule has 1 aliphatic heterocycles. The maximum Gasteiger partial charge on any atom is 0.269 e. The van der Waals surface area contributed by atoms with Crippen LogP contribution in [-0.4, -0.2) is 23.4 Å². The molecule has 0 saturated heterocycles. The molecule has 0 amide bonds. The Morgan fingerprint density at radius 2 is 2.29 bits per heavy atom. The van der Waals surface area contributed by atoms with Crippen LogP contribution in [0, 0.1) is 5.82 Å². The third kappa shape index (κ3) is 2.74. The number of ether oxygens (including phenoxy) is 1. The van der Waals surface area contributed by atoms with Crippen LogP contribution in [0.4, 0.5) is 10.1 Å². The van der Waals surface area contributed by atoms with Gasteiger partial charge in [0.2, 0.25) is 0 Å². The maximum atomic E-state index is 13.7. The van der Waals surface area contributed by atoms with Gasteiger partial charge in [0.1, 0.15) is 0 Å². The molecule has 0 unspecified atom stereocenters. The highest BCUT2D eigenvalue weighted by Crippen LogP contribution is 2.19. The average molecular weight is 289 g/mol. The number of methoxy groups -OCH3 is 1. The van der Waals surface area contributed by atoms with Crippen molar-refractivity contribution in [2.24, 2.45) is 0 Å². The van der Waals surface area contributed by atoms with Crippen molar-refractivity contribution in [2.45, 2.75) is 19.4 Å². The van der Waals surface area contributed by atoms with Gasteiger partial charge in [0.25, 0.3) is 5.56 Å². The number of aromatic nitrogens is 2. The molecule has 2 aromatic rings. The highest BCUT2D eigenvalue weighted by molar-refractivity contribution is 5.48. The van der Waals surface area contributed by atoms with Crippen LogP contribution in [0.1, 0.15) is 17.7 Å². The SMILES string of the molecule is COc1ccc(Cn2nc3c(cc2=O)NCCC3)cc1F. The van der Waals surface area contributed by atoms with Crippen molar-refractivity contribution in [3.63, 3.8) is 0 Å². The second-order valence-corrected chi connectivity index (χ2v) is 5.00. The van der Waals surface area contributed by atoms with Crippen molar-refractivity contribution >= 4 is 5.69 Å². The Hall–Kier alpha value is -2.37. The number of halogens is 1. The molecular weight excluding hydrogens is 273 g/mol. The van der Waals surface area contributed by atoms with Gasteiger partial charge in [-0.15, -0.1) is 0 Å². The fourth-order valence-corrected chi connectivity index (χ4v) is 2.44. The fraction of sp³-hybridized carbons (Fsp3) is 0.333. The molecule has 0 bridgehead atoms. The van der Waals surface area contributed by atoms with Crippen molar-refractivity contribution < 1.29 is 9.13 Å². The smallest absolute Gasteiger partial charge is 0.269 e. The van der Waals surface area contributed by atoms with Crippen LogP contribution in [0.15, 0.2) is 29.1 Å². The molecule has 21 heavy (non-hydrogen) atoms. The van der Waals surface area contributed by atoms with Crippen molar-refractivity contribution in [3.05, 3.63) is 51.7 Å². The van der Waals surface area contributed by atoms with Crippen LogP contribution in [0.3, 0.4) is 0 Å². The van der Waals surface area contributed by atoms with E-state index in [-0.39, 0.29) is 17.9 Å². The molecule has 5 nitrogen and oxygen atoms in total. The van der Waals surface area contributed by atoms with Gasteiger partial charge in [0.15, 0.2) is 11.6 Å². The number of rotatable bonds is 3. The van der Waals surface area contributed by atoms with Gasteiger partial charge < -0.3 is 10.1 Å². The average Bonchev–Trinajstić information content (AvgIpc) is 2.48. The Morgan fingerprint density at radius 3 is 3.05 bits per heavy atom. The summed E-state index contributed by atoms with van der Waals surface area (Å²) in [7, 11) is 1.42. The van der Waals surface area contributed by atoms with Gasteiger partial charge in [-0.05, 0) is 30.5 Å². The summed E-state index contributed by atoms with van der Waals surface area (Å²) in [5.41, 5.74) is 2.17. The van der Waals surface area contributed by atoms with Crippen molar-refractivity contribution in [3.8, 4) is 5.75 Å². The number of hydrogen-bond donors (Lipinski definition) is 1. The van der Waals surface area contributed by atoms with Gasteiger partial charge in [-0.3, -0.25) is 4.79 Å². The minimum absolute atomic E-state index is 0.189. The van der Waals surface area contributed by atoms with Crippen LogP contribution in [-0.2, 0) is 13.0 Å². The third-order valence-corrected chi connectivity index (χ3v) is 3.53. The third-order valence-electron chi connectivity index (χ3n) is 3.53. The van der Waals surface area contributed by atoms with Gasteiger partial charge in [0, 0.05) is 12.6 Å². The van der Waals surface area contributed by atoms with E-state index in [2.05, 4.69) is 10.4 Å². The molecule has 0 fully saturated rings. The Balaban J connectivity index is 1.91. The fourth-order valence-electron chi connectivity index (χ4n) is 2.44. The molecule has 1 N–H and O–H groups in total. The summed E-state index contributed by atoms with van der Waals surface area (Å²) < 4.78 is 19.9. The van der Waals surface area contributed by atoms with E-state index in [4.69, 9.17) is 4.74 Å². The van der Waals surface area contributed by atoms with Gasteiger partial charge >= 0.3 is 0 Å². The highest BCUT2D eigenvalue weighted by Gasteiger charge is 2.13. The van der Waals surface area contributed by atoms with Gasteiger partial charge in [-0.1, -0.05) is 6.07 Å². The Labute approximate surface area is 121 Å². The highest BCUT2D eigenvalue weighted by atomic mass is 19.1. The summed E-state index contributed by atoms with van der Waals surface area (Å²) in [5.74, 6) is -0.253. The Morgan fingerprint density at radius 1 is 1.43 bits per heavy atom. The molecule has 1 aromatic heterocycles. The Bertz CT molecular complexity index is 727. The summed E-state index contributed by atoms with van der Waals surface area (Å²) in [6, 6.07) is 6.20. The summed E-state index contributed by atoms with van der Waals surface area (Å²) in [4.78, 5) is 12.0. The maximum absolute atomic E-state index is 13.7. The lowest BCUT2D eigenvalue weighted by molar-refractivity contribution is 0.386. The predicted molar refractivity (Wildman–Crippen MR) is 77.4 cm³/mol. The van der Waals surface area contributed by atoms with Gasteiger partial charge in [-0.25, -0.2) is 9.07 Å². The first kappa shape index (κ1) is 13.6. The number of nitrogens with one attached hydrogen (secondary N) is 1. The molecule has 1 aromatic carbocycles. The number of anilines is 1. The number of hydrogen-bond acceptors (Lipinski definition) is 4. The van der Waals surface area contributed by atoms with Crippen LogP contribution >= 0.6 is 0 Å². The normalized spacial score (nSPS) is 13.4. The summed E-state index contributed by atoms with van der Waals surface area (Å²) in [6.07, 6.45) is 1.84. The second kappa shape index (κ2) is 5.55. The molecule has 2 heterocycles. The number of nitrogens with zero attached hydrogens (tertiary/aromatic N) is 2.